The van der Waals surface area contributed by atoms with Crippen LogP contribution in [-0.4, -0.2) is 47.7 Å². The molecule has 0 spiro atoms. The van der Waals surface area contributed by atoms with E-state index in [2.05, 4.69) is 0 Å². The molecule has 1 heterocycles. The molecule has 1 aliphatic heterocycles. The summed E-state index contributed by atoms with van der Waals surface area (Å²) in [7, 11) is 1.62. The van der Waals surface area contributed by atoms with E-state index in [1.54, 1.807) is 19.3 Å². The van der Waals surface area contributed by atoms with Gasteiger partial charge in [-0.15, -0.1) is 0 Å². The van der Waals surface area contributed by atoms with Crippen LogP contribution in [0.5, 0.6) is 5.75 Å². The van der Waals surface area contributed by atoms with Gasteiger partial charge in [0.15, 0.2) is 0 Å². The molecule has 6 heteroatoms. The number of carbonyl (C=O) groups is 1. The van der Waals surface area contributed by atoms with E-state index >= 15 is 0 Å². The maximum absolute atomic E-state index is 11.6. The number of methoxy groups -OCH3 is 1. The molecular formula is C27H32O6. The summed E-state index contributed by atoms with van der Waals surface area (Å²) in [5.74, 6) is 0.409. The number of hydrogen-bond acceptors (Lipinski definition) is 6. The van der Waals surface area contributed by atoms with Crippen molar-refractivity contribution >= 4 is 12.0 Å². The largest absolute Gasteiger partial charge is 0.497 e. The summed E-state index contributed by atoms with van der Waals surface area (Å²) in [6, 6.07) is 17.3. The zero-order chi connectivity index (χ0) is 23.5. The number of carbonyl (C=O) groups excluding carboxylic acids is 1. The summed E-state index contributed by atoms with van der Waals surface area (Å²) in [4.78, 5) is 11.6. The molecule has 0 saturated heterocycles. The van der Waals surface area contributed by atoms with E-state index in [0.717, 1.165) is 16.9 Å². The number of rotatable bonds is 12. The lowest BCUT2D eigenvalue weighted by Crippen LogP contribution is -2.30. The molecule has 176 valence electrons. The van der Waals surface area contributed by atoms with E-state index in [-0.39, 0.29) is 24.6 Å². The van der Waals surface area contributed by atoms with Gasteiger partial charge in [-0.25, -0.2) is 4.79 Å². The van der Waals surface area contributed by atoms with Crippen LogP contribution in [0.15, 0.2) is 72.8 Å². The summed E-state index contributed by atoms with van der Waals surface area (Å²) in [5.41, 5.74) is 1.96. The van der Waals surface area contributed by atoms with Crippen LogP contribution in [0.4, 0.5) is 0 Å². The zero-order valence-corrected chi connectivity index (χ0v) is 18.9. The molecule has 1 aliphatic rings. The number of benzene rings is 2. The number of ether oxygens (including phenoxy) is 3. The van der Waals surface area contributed by atoms with Crippen molar-refractivity contribution in [2.75, 3.05) is 7.11 Å². The molecule has 0 fully saturated rings. The fourth-order valence-corrected chi connectivity index (χ4v) is 3.72. The van der Waals surface area contributed by atoms with Gasteiger partial charge in [0, 0.05) is 25.3 Å². The van der Waals surface area contributed by atoms with Crippen LogP contribution < -0.4 is 4.74 Å². The topological polar surface area (TPSA) is 85.2 Å². The highest BCUT2D eigenvalue weighted by molar-refractivity contribution is 5.82. The summed E-state index contributed by atoms with van der Waals surface area (Å²) in [5, 5.41) is 21.0. The molecule has 0 aliphatic carbocycles. The van der Waals surface area contributed by atoms with Crippen LogP contribution in [0.25, 0.3) is 6.08 Å². The molecule has 0 unspecified atom stereocenters. The van der Waals surface area contributed by atoms with E-state index in [9.17, 15) is 15.0 Å². The van der Waals surface area contributed by atoms with Crippen LogP contribution >= 0.6 is 0 Å². The monoisotopic (exact) mass is 452 g/mol. The van der Waals surface area contributed by atoms with Crippen molar-refractivity contribution in [2.24, 2.45) is 0 Å². The van der Waals surface area contributed by atoms with E-state index in [0.29, 0.717) is 25.9 Å². The molecular weight excluding hydrogens is 420 g/mol. The Morgan fingerprint density at radius 1 is 1.09 bits per heavy atom. The van der Waals surface area contributed by atoms with Crippen LogP contribution in [0.1, 0.15) is 36.8 Å². The van der Waals surface area contributed by atoms with Gasteiger partial charge in [-0.3, -0.25) is 0 Å². The fraction of sp³-hybridized carbons (Fsp3) is 0.370. The van der Waals surface area contributed by atoms with Gasteiger partial charge in [-0.1, -0.05) is 60.7 Å². The third-order valence-electron chi connectivity index (χ3n) is 5.47. The first-order valence-corrected chi connectivity index (χ1v) is 11.2. The highest BCUT2D eigenvalue weighted by atomic mass is 16.5. The van der Waals surface area contributed by atoms with Crippen molar-refractivity contribution < 1.29 is 29.2 Å². The first-order chi connectivity index (χ1) is 16.0. The first-order valence-electron chi connectivity index (χ1n) is 11.2. The molecule has 0 saturated carbocycles. The predicted octanol–water partition coefficient (Wildman–Crippen LogP) is 4.06. The van der Waals surface area contributed by atoms with Gasteiger partial charge >= 0.3 is 5.97 Å². The highest BCUT2D eigenvalue weighted by Gasteiger charge is 2.24. The smallest absolute Gasteiger partial charge is 0.330 e. The van der Waals surface area contributed by atoms with Gasteiger partial charge < -0.3 is 24.4 Å². The lowest BCUT2D eigenvalue weighted by molar-refractivity contribution is -0.146. The van der Waals surface area contributed by atoms with Gasteiger partial charge in [-0.2, -0.15) is 0 Å². The van der Waals surface area contributed by atoms with Gasteiger partial charge in [-0.05, 0) is 29.7 Å². The number of aliphatic hydroxyl groups is 2. The lowest BCUT2D eigenvalue weighted by Gasteiger charge is -2.26. The minimum atomic E-state index is -0.780. The van der Waals surface area contributed by atoms with Gasteiger partial charge in [0.25, 0.3) is 0 Å². The SMILES string of the molecule is COc1ccc(CO[C@H](C[C@@H](O)C[C@@H](O)/C=C/c2ccccc2)C[C@H]2CC=CC(=O)O2)cc1. The van der Waals surface area contributed by atoms with Crippen LogP contribution in [0, 0.1) is 0 Å². The second-order valence-corrected chi connectivity index (χ2v) is 8.18. The Kier molecular flexibility index (Phi) is 9.69. The van der Waals surface area contributed by atoms with E-state index in [4.69, 9.17) is 14.2 Å². The van der Waals surface area contributed by atoms with E-state index in [1.165, 1.54) is 6.08 Å². The van der Waals surface area contributed by atoms with Gasteiger partial charge in [0.2, 0.25) is 0 Å². The van der Waals surface area contributed by atoms with Gasteiger partial charge in [0.1, 0.15) is 11.9 Å². The number of cyclic esters (lactones) is 1. The first kappa shape index (κ1) is 24.7. The Morgan fingerprint density at radius 3 is 2.55 bits per heavy atom. The molecule has 0 radical (unpaired) electrons. The highest BCUT2D eigenvalue weighted by Crippen LogP contribution is 2.21. The van der Waals surface area contributed by atoms with Crippen molar-refractivity contribution in [2.45, 2.75) is 56.7 Å². The van der Waals surface area contributed by atoms with E-state index < -0.39 is 12.2 Å². The number of esters is 1. The minimum Gasteiger partial charge on any atom is -0.497 e. The molecule has 2 aromatic carbocycles. The molecule has 4 atom stereocenters. The molecule has 2 aromatic rings. The Labute approximate surface area is 195 Å². The zero-order valence-electron chi connectivity index (χ0n) is 18.9. The summed E-state index contributed by atoms with van der Waals surface area (Å²) in [6.45, 7) is 0.356. The quantitative estimate of drug-likeness (QED) is 0.473. The Bertz CT molecular complexity index is 906. The minimum absolute atomic E-state index is 0.191. The maximum atomic E-state index is 11.6. The Hall–Kier alpha value is -2.93. The molecule has 3 rings (SSSR count). The van der Waals surface area contributed by atoms with Crippen LogP contribution in [0.2, 0.25) is 0 Å². The van der Waals surface area contributed by atoms with Gasteiger partial charge in [0.05, 0.1) is 32.0 Å². The number of aliphatic hydroxyl groups excluding tert-OH is 2. The number of hydrogen-bond donors (Lipinski definition) is 2. The average Bonchev–Trinajstić information content (AvgIpc) is 2.82. The van der Waals surface area contributed by atoms with Crippen molar-refractivity contribution in [3.8, 4) is 5.75 Å². The maximum Gasteiger partial charge on any atom is 0.330 e. The molecule has 0 bridgehead atoms. The summed E-state index contributed by atoms with van der Waals surface area (Å²) < 4.78 is 16.7. The normalized spacial score (nSPS) is 18.6. The second kappa shape index (κ2) is 12.9. The molecule has 0 amide bonds. The molecule has 6 nitrogen and oxygen atoms in total. The van der Waals surface area contributed by atoms with Crippen LogP contribution in [0.3, 0.4) is 0 Å². The summed E-state index contributed by atoms with van der Waals surface area (Å²) >= 11 is 0. The lowest BCUT2D eigenvalue weighted by atomic mass is 9.99. The van der Waals surface area contributed by atoms with E-state index in [1.807, 2.05) is 60.7 Å². The Morgan fingerprint density at radius 2 is 1.85 bits per heavy atom. The average molecular weight is 453 g/mol. The summed E-state index contributed by atoms with van der Waals surface area (Å²) in [6.07, 6.45) is 6.16. The predicted molar refractivity (Wildman–Crippen MR) is 127 cm³/mol. The molecule has 2 N–H and O–H groups in total. The molecule has 33 heavy (non-hydrogen) atoms. The fourth-order valence-electron chi connectivity index (χ4n) is 3.72. The third kappa shape index (κ3) is 8.85. The van der Waals surface area contributed by atoms with Crippen molar-refractivity contribution in [3.63, 3.8) is 0 Å². The second-order valence-electron chi connectivity index (χ2n) is 8.18. The van der Waals surface area contributed by atoms with Crippen molar-refractivity contribution in [3.05, 3.63) is 84.0 Å². The van der Waals surface area contributed by atoms with Crippen molar-refractivity contribution in [1.82, 2.24) is 0 Å². The molecule has 0 aromatic heterocycles. The third-order valence-corrected chi connectivity index (χ3v) is 5.47. The van der Waals surface area contributed by atoms with Crippen molar-refractivity contribution in [1.29, 1.82) is 0 Å². The Balaban J connectivity index is 1.56. The van der Waals surface area contributed by atoms with Crippen LogP contribution in [-0.2, 0) is 20.9 Å². The standard InChI is InChI=1S/C27H32O6/c1-31-24-14-11-21(12-15-24)19-32-26(18-25-8-5-9-27(30)33-25)17-23(29)16-22(28)13-10-20-6-3-2-4-7-20/h2-7,9-15,22-23,25-26,28-29H,8,16-19H2,1H3/b13-10+/t22-,23-,25+,26+/m0/s1.